The second-order valence-electron chi connectivity index (χ2n) is 7.47. The normalized spacial score (nSPS) is 16.8. The van der Waals surface area contributed by atoms with E-state index >= 15 is 0 Å². The molecule has 32 heavy (non-hydrogen) atoms. The molecule has 2 N–H and O–H groups in total. The number of fused-ring (bicyclic) bond motifs is 6. The summed E-state index contributed by atoms with van der Waals surface area (Å²) in [7, 11) is 1.60. The summed E-state index contributed by atoms with van der Waals surface area (Å²) in [4.78, 5) is 26.7. The average molecular weight is 430 g/mol. The maximum Gasteiger partial charge on any atom is 0.278 e. The van der Waals surface area contributed by atoms with Gasteiger partial charge in [-0.05, 0) is 37.1 Å². The lowest BCUT2D eigenvalue weighted by atomic mass is 10.1. The maximum absolute atomic E-state index is 13.1. The van der Waals surface area contributed by atoms with E-state index in [1.165, 1.54) is 6.20 Å². The molecule has 1 aliphatic rings. The second kappa shape index (κ2) is 8.27. The number of aliphatic hydroxyl groups excluding tert-OH is 1. The van der Waals surface area contributed by atoms with Gasteiger partial charge in [-0.15, -0.1) is 0 Å². The fourth-order valence-corrected chi connectivity index (χ4v) is 3.75. The molecule has 0 saturated heterocycles. The molecule has 0 spiro atoms. The largest absolute Gasteiger partial charge is 0.497 e. The highest BCUT2D eigenvalue weighted by atomic mass is 16.5. The van der Waals surface area contributed by atoms with Gasteiger partial charge in [-0.3, -0.25) is 4.79 Å². The molecule has 1 aliphatic heterocycles. The predicted octanol–water partition coefficient (Wildman–Crippen LogP) is 3.11. The average Bonchev–Trinajstić information content (AvgIpc) is 3.08. The third kappa shape index (κ3) is 3.63. The molecule has 4 aromatic rings. The van der Waals surface area contributed by atoms with Gasteiger partial charge in [-0.2, -0.15) is 4.98 Å². The van der Waals surface area contributed by atoms with E-state index in [0.29, 0.717) is 53.6 Å². The molecule has 9 nitrogen and oxygen atoms in total. The third-order valence-electron chi connectivity index (χ3n) is 5.37. The summed E-state index contributed by atoms with van der Waals surface area (Å²) in [5.41, 5.74) is 1.54. The van der Waals surface area contributed by atoms with Gasteiger partial charge >= 0.3 is 0 Å². The summed E-state index contributed by atoms with van der Waals surface area (Å²) in [6, 6.07) is 12.8. The van der Waals surface area contributed by atoms with Gasteiger partial charge in [0.1, 0.15) is 11.1 Å². The molecule has 0 fully saturated rings. The summed E-state index contributed by atoms with van der Waals surface area (Å²) >= 11 is 0. The van der Waals surface area contributed by atoms with E-state index in [1.54, 1.807) is 28.6 Å². The Labute approximate surface area is 183 Å². The zero-order valence-electron chi connectivity index (χ0n) is 17.5. The molecule has 0 amide bonds. The molecule has 3 aromatic heterocycles. The molecular weight excluding hydrogens is 408 g/mol. The number of benzene rings is 1. The minimum Gasteiger partial charge on any atom is -0.497 e. The highest BCUT2D eigenvalue weighted by Gasteiger charge is 2.19. The molecule has 1 atom stereocenters. The van der Waals surface area contributed by atoms with Gasteiger partial charge in [0, 0.05) is 18.0 Å². The number of aliphatic hydroxyl groups is 1. The van der Waals surface area contributed by atoms with Crippen molar-refractivity contribution in [3.8, 4) is 11.6 Å². The van der Waals surface area contributed by atoms with Crippen molar-refractivity contribution in [3.63, 3.8) is 0 Å². The van der Waals surface area contributed by atoms with Gasteiger partial charge in [0.15, 0.2) is 11.5 Å². The Morgan fingerprint density at radius 1 is 1.16 bits per heavy atom. The fourth-order valence-electron chi connectivity index (χ4n) is 3.75. The van der Waals surface area contributed by atoms with Crippen LogP contribution in [0.2, 0.25) is 0 Å². The Kier molecular flexibility index (Phi) is 5.16. The van der Waals surface area contributed by atoms with Crippen LogP contribution in [0.25, 0.3) is 16.9 Å². The van der Waals surface area contributed by atoms with Crippen molar-refractivity contribution in [3.05, 3.63) is 76.9 Å². The Morgan fingerprint density at radius 2 is 2.03 bits per heavy atom. The first kappa shape index (κ1) is 20.0. The van der Waals surface area contributed by atoms with E-state index in [9.17, 15) is 9.90 Å². The number of allylic oxidation sites excluding steroid dienone is 2. The Balaban J connectivity index is 1.67. The standard InChI is InChI=1S/C23H22N6O3/c1-32-16-8-5-7-15(13-16)25-23-24-14-17-21(27-23)29-20-11-6-9-18(26-20)19(30)10-3-2-4-12-28(29)22(17)31/h2,4-9,11,13-14,19,30H,3,10,12H2,1H3,(H,24,25,27)/b4-2-. The van der Waals surface area contributed by atoms with Crippen molar-refractivity contribution in [2.45, 2.75) is 25.5 Å². The van der Waals surface area contributed by atoms with Gasteiger partial charge in [-0.1, -0.05) is 24.3 Å². The van der Waals surface area contributed by atoms with Crippen LogP contribution in [-0.2, 0) is 6.54 Å². The third-order valence-corrected chi connectivity index (χ3v) is 5.37. The summed E-state index contributed by atoms with van der Waals surface area (Å²) < 4.78 is 8.53. The number of hydrogen-bond acceptors (Lipinski definition) is 7. The van der Waals surface area contributed by atoms with Crippen molar-refractivity contribution in [1.29, 1.82) is 0 Å². The summed E-state index contributed by atoms with van der Waals surface area (Å²) in [6.45, 7) is 0.357. The van der Waals surface area contributed by atoms with Crippen LogP contribution in [0.3, 0.4) is 0 Å². The summed E-state index contributed by atoms with van der Waals surface area (Å²) in [5, 5.41) is 14.0. The number of anilines is 2. The Morgan fingerprint density at radius 3 is 2.91 bits per heavy atom. The molecule has 0 aliphatic carbocycles. The van der Waals surface area contributed by atoms with Gasteiger partial charge in [0.05, 0.1) is 25.5 Å². The summed E-state index contributed by atoms with van der Waals surface area (Å²) in [5.74, 6) is 1.55. The van der Waals surface area contributed by atoms with Crippen molar-refractivity contribution < 1.29 is 9.84 Å². The van der Waals surface area contributed by atoms with Gasteiger partial charge in [-0.25, -0.2) is 19.3 Å². The molecular formula is C23H22N6O3. The van der Waals surface area contributed by atoms with Crippen molar-refractivity contribution in [2.75, 3.05) is 12.4 Å². The molecule has 162 valence electrons. The highest BCUT2D eigenvalue weighted by molar-refractivity contribution is 5.77. The minimum atomic E-state index is -0.681. The molecule has 5 rings (SSSR count). The van der Waals surface area contributed by atoms with E-state index in [0.717, 1.165) is 5.69 Å². The van der Waals surface area contributed by atoms with E-state index < -0.39 is 6.10 Å². The lowest BCUT2D eigenvalue weighted by molar-refractivity contribution is 0.164. The summed E-state index contributed by atoms with van der Waals surface area (Å²) in [6.07, 6.45) is 5.98. The SMILES string of the molecule is COc1cccc(Nc2ncc3c(=O)n4n(c3n2)-c2cccc(n2)C(O)CC/C=C\C4)c1. The molecule has 4 heterocycles. The van der Waals surface area contributed by atoms with Crippen LogP contribution in [0.1, 0.15) is 24.6 Å². The first-order valence-electron chi connectivity index (χ1n) is 10.3. The number of nitrogens with zero attached hydrogens (tertiary/aromatic N) is 5. The van der Waals surface area contributed by atoms with E-state index in [-0.39, 0.29) is 5.56 Å². The number of hydrogen-bond donors (Lipinski definition) is 2. The van der Waals surface area contributed by atoms with Crippen LogP contribution >= 0.6 is 0 Å². The maximum atomic E-state index is 13.1. The zero-order chi connectivity index (χ0) is 22.1. The first-order chi connectivity index (χ1) is 15.6. The Hall–Kier alpha value is -3.98. The van der Waals surface area contributed by atoms with Gasteiger partial charge in [0.25, 0.3) is 5.56 Å². The number of methoxy groups -OCH3 is 1. The molecule has 9 heteroatoms. The first-order valence-corrected chi connectivity index (χ1v) is 10.3. The molecule has 1 unspecified atom stereocenters. The number of rotatable bonds is 3. The van der Waals surface area contributed by atoms with Crippen LogP contribution in [0.15, 0.2) is 65.6 Å². The van der Waals surface area contributed by atoms with Crippen LogP contribution < -0.4 is 15.6 Å². The van der Waals surface area contributed by atoms with Crippen LogP contribution in [0.4, 0.5) is 11.6 Å². The van der Waals surface area contributed by atoms with Gasteiger partial charge < -0.3 is 15.2 Å². The number of pyridine rings is 1. The van der Waals surface area contributed by atoms with Crippen LogP contribution in [-0.4, -0.2) is 36.5 Å². The van der Waals surface area contributed by atoms with Crippen molar-refractivity contribution >= 4 is 22.7 Å². The zero-order valence-corrected chi connectivity index (χ0v) is 17.5. The van der Waals surface area contributed by atoms with Crippen molar-refractivity contribution in [2.24, 2.45) is 0 Å². The van der Waals surface area contributed by atoms with Crippen LogP contribution in [0.5, 0.6) is 5.75 Å². The quantitative estimate of drug-likeness (QED) is 0.481. The molecule has 0 radical (unpaired) electrons. The fraction of sp³-hybridized carbons (Fsp3) is 0.217. The van der Waals surface area contributed by atoms with E-state index in [1.807, 2.05) is 42.5 Å². The smallest absolute Gasteiger partial charge is 0.278 e. The lowest BCUT2D eigenvalue weighted by Gasteiger charge is -2.13. The lowest BCUT2D eigenvalue weighted by Crippen LogP contribution is -2.22. The number of nitrogens with one attached hydrogen (secondary N) is 1. The predicted molar refractivity (Wildman–Crippen MR) is 121 cm³/mol. The molecule has 0 saturated carbocycles. The topological polar surface area (TPSA) is 107 Å². The molecule has 2 bridgehead atoms. The molecule has 1 aromatic carbocycles. The van der Waals surface area contributed by atoms with Gasteiger partial charge in [0.2, 0.25) is 5.95 Å². The van der Waals surface area contributed by atoms with E-state index in [2.05, 4.69) is 20.3 Å². The second-order valence-corrected chi connectivity index (χ2v) is 7.47. The van der Waals surface area contributed by atoms with E-state index in [4.69, 9.17) is 4.74 Å². The monoisotopic (exact) mass is 430 g/mol. The minimum absolute atomic E-state index is 0.204. The highest BCUT2D eigenvalue weighted by Crippen LogP contribution is 2.23. The van der Waals surface area contributed by atoms with Crippen LogP contribution in [0, 0.1) is 0 Å². The number of aromatic nitrogens is 5. The van der Waals surface area contributed by atoms with Crippen molar-refractivity contribution in [1.82, 2.24) is 24.3 Å². The number of ether oxygens (including phenoxy) is 1. The Bertz CT molecular complexity index is 1370.